The van der Waals surface area contributed by atoms with Crippen molar-refractivity contribution in [2.24, 2.45) is 4.99 Å². The summed E-state index contributed by atoms with van der Waals surface area (Å²) in [5, 5.41) is 5.82. The van der Waals surface area contributed by atoms with Crippen molar-refractivity contribution < 1.29 is 27.4 Å². The molecule has 0 amide bonds. The third-order valence-corrected chi connectivity index (χ3v) is 6.19. The third kappa shape index (κ3) is 9.00. The van der Waals surface area contributed by atoms with E-state index in [2.05, 4.69) is 10.1 Å². The van der Waals surface area contributed by atoms with Crippen molar-refractivity contribution in [2.45, 2.75) is 39.2 Å². The van der Waals surface area contributed by atoms with E-state index in [1.165, 1.54) is 23.5 Å². The summed E-state index contributed by atoms with van der Waals surface area (Å²) >= 11 is 7.43. The summed E-state index contributed by atoms with van der Waals surface area (Å²) in [4.78, 5) is 17.0. The quantitative estimate of drug-likeness (QED) is 0.232. The number of nitrogens with one attached hydrogen (secondary N) is 1. The zero-order valence-corrected chi connectivity index (χ0v) is 21.3. The molecule has 6 nitrogen and oxygen atoms in total. The molecule has 0 spiro atoms. The lowest BCUT2D eigenvalue weighted by molar-refractivity contribution is -0.274. The maximum absolute atomic E-state index is 12.5. The summed E-state index contributed by atoms with van der Waals surface area (Å²) in [6, 6.07) is 13.2. The Morgan fingerprint density at radius 2 is 1.83 bits per heavy atom. The van der Waals surface area contributed by atoms with Crippen molar-refractivity contribution in [3.63, 3.8) is 0 Å². The van der Waals surface area contributed by atoms with Crippen LogP contribution in [-0.2, 0) is 22.6 Å². The van der Waals surface area contributed by atoms with E-state index in [0.717, 1.165) is 28.0 Å². The van der Waals surface area contributed by atoms with Crippen LogP contribution in [0.15, 0.2) is 58.9 Å². The molecule has 11 heteroatoms. The fraction of sp³-hybridized carbons (Fsp3) is 0.360. The lowest BCUT2D eigenvalue weighted by Crippen LogP contribution is -2.23. The molecular weight excluding hydrogens is 515 g/mol. The average molecular weight is 542 g/mol. The number of carbonyl (C=O) groups is 1. The Balaban J connectivity index is 1.74. The van der Waals surface area contributed by atoms with Gasteiger partial charge >= 0.3 is 12.3 Å². The van der Waals surface area contributed by atoms with Gasteiger partial charge in [0.05, 0.1) is 25.3 Å². The van der Waals surface area contributed by atoms with Gasteiger partial charge < -0.3 is 19.4 Å². The highest BCUT2D eigenvalue weighted by Crippen LogP contribution is 2.27. The molecule has 0 aliphatic carbocycles. The normalized spacial score (nSPS) is 12.1. The van der Waals surface area contributed by atoms with Crippen molar-refractivity contribution in [3.8, 4) is 17.0 Å². The Bertz CT molecular complexity index is 1180. The number of thiazole rings is 1. The second kappa shape index (κ2) is 13.5. The van der Waals surface area contributed by atoms with E-state index in [1.807, 2.05) is 34.2 Å². The first kappa shape index (κ1) is 27.8. The molecule has 0 fully saturated rings. The summed E-state index contributed by atoms with van der Waals surface area (Å²) < 4.78 is 48.5. The molecule has 3 rings (SSSR count). The van der Waals surface area contributed by atoms with Gasteiger partial charge in [-0.05, 0) is 67.4 Å². The van der Waals surface area contributed by atoms with E-state index in [4.69, 9.17) is 21.3 Å². The predicted octanol–water partition coefficient (Wildman–Crippen LogP) is 5.80. The van der Waals surface area contributed by atoms with Crippen molar-refractivity contribution in [1.82, 2.24) is 9.88 Å². The van der Waals surface area contributed by atoms with Crippen LogP contribution in [0, 0.1) is 0 Å². The molecule has 1 aromatic heterocycles. The van der Waals surface area contributed by atoms with Gasteiger partial charge in [-0.15, -0.1) is 24.5 Å². The van der Waals surface area contributed by atoms with Crippen LogP contribution in [0.2, 0.25) is 5.02 Å². The van der Waals surface area contributed by atoms with Gasteiger partial charge in [0.1, 0.15) is 5.75 Å². The van der Waals surface area contributed by atoms with Gasteiger partial charge in [-0.1, -0.05) is 23.7 Å². The van der Waals surface area contributed by atoms with Crippen LogP contribution in [-0.4, -0.2) is 36.6 Å². The number of hydrogen-bond acceptors (Lipinski definition) is 6. The molecule has 0 saturated carbocycles. The number of alkyl halides is 3. The third-order valence-electron chi connectivity index (χ3n) is 5.04. The molecule has 0 atom stereocenters. The minimum absolute atomic E-state index is 0.235. The Labute approximate surface area is 216 Å². The lowest BCUT2D eigenvalue weighted by Gasteiger charge is -2.12. The number of halogens is 4. The molecule has 3 aromatic rings. The maximum atomic E-state index is 12.5. The summed E-state index contributed by atoms with van der Waals surface area (Å²) in [5.74, 6) is -0.507. The number of esters is 1. The van der Waals surface area contributed by atoms with Crippen molar-refractivity contribution in [2.75, 3.05) is 19.7 Å². The predicted molar refractivity (Wildman–Crippen MR) is 134 cm³/mol. The first-order valence-corrected chi connectivity index (χ1v) is 12.7. The van der Waals surface area contributed by atoms with Gasteiger partial charge in [0, 0.05) is 23.5 Å². The molecule has 0 aliphatic rings. The first-order chi connectivity index (χ1) is 17.2. The topological polar surface area (TPSA) is 64.8 Å². The molecule has 0 radical (unpaired) electrons. The highest BCUT2D eigenvalue weighted by molar-refractivity contribution is 7.07. The van der Waals surface area contributed by atoms with Crippen LogP contribution in [0.25, 0.3) is 11.3 Å². The van der Waals surface area contributed by atoms with Gasteiger partial charge in [-0.3, -0.25) is 9.79 Å². The molecule has 36 heavy (non-hydrogen) atoms. The largest absolute Gasteiger partial charge is 0.573 e. The highest BCUT2D eigenvalue weighted by Gasteiger charge is 2.31. The standard InChI is InChI=1S/C25H27ClF3N3O3S/c1-2-34-23(33)12-14-30-13-3-15-32-22(19-6-10-21(11-7-19)35-25(27,28)29)17-36-24(32)31-16-18-4-8-20(26)9-5-18/h4-11,17,30H,2-3,12-16H2,1H3/b31-24-. The van der Waals surface area contributed by atoms with E-state index >= 15 is 0 Å². The fourth-order valence-electron chi connectivity index (χ4n) is 3.39. The van der Waals surface area contributed by atoms with Crippen LogP contribution < -0.4 is 14.9 Å². The minimum atomic E-state index is -4.74. The van der Waals surface area contributed by atoms with Gasteiger partial charge in [0.2, 0.25) is 0 Å². The molecular formula is C25H27ClF3N3O3S. The average Bonchev–Trinajstić information content (AvgIpc) is 3.23. The van der Waals surface area contributed by atoms with Crippen LogP contribution in [0.5, 0.6) is 5.75 Å². The summed E-state index contributed by atoms with van der Waals surface area (Å²) in [6.07, 6.45) is -3.67. The monoisotopic (exact) mass is 541 g/mol. The lowest BCUT2D eigenvalue weighted by atomic mass is 10.1. The minimum Gasteiger partial charge on any atom is -0.466 e. The zero-order chi connectivity index (χ0) is 26.0. The smallest absolute Gasteiger partial charge is 0.466 e. The molecule has 0 unspecified atom stereocenters. The number of aromatic nitrogens is 1. The van der Waals surface area contributed by atoms with E-state index in [0.29, 0.717) is 44.2 Å². The van der Waals surface area contributed by atoms with Crippen molar-refractivity contribution in [1.29, 1.82) is 0 Å². The molecule has 0 bridgehead atoms. The molecule has 194 valence electrons. The van der Waals surface area contributed by atoms with E-state index < -0.39 is 6.36 Å². The maximum Gasteiger partial charge on any atom is 0.573 e. The summed E-state index contributed by atoms with van der Waals surface area (Å²) in [5.41, 5.74) is 2.61. The zero-order valence-electron chi connectivity index (χ0n) is 19.7. The second-order valence-corrected chi connectivity index (χ2v) is 9.00. The van der Waals surface area contributed by atoms with Crippen LogP contribution in [0.3, 0.4) is 0 Å². The van der Waals surface area contributed by atoms with Crippen molar-refractivity contribution in [3.05, 3.63) is 69.3 Å². The van der Waals surface area contributed by atoms with Crippen LogP contribution in [0.4, 0.5) is 13.2 Å². The van der Waals surface area contributed by atoms with E-state index in [-0.39, 0.29) is 11.7 Å². The fourth-order valence-corrected chi connectivity index (χ4v) is 4.45. The molecule has 1 heterocycles. The SMILES string of the molecule is CCOC(=O)CCNCCCn1c(-c2ccc(OC(F)(F)F)cc2)cs/c1=N\Cc1ccc(Cl)cc1. The van der Waals surface area contributed by atoms with Gasteiger partial charge in [-0.25, -0.2) is 0 Å². The van der Waals surface area contributed by atoms with Gasteiger partial charge in [0.25, 0.3) is 0 Å². The van der Waals surface area contributed by atoms with Crippen LogP contribution in [0.1, 0.15) is 25.3 Å². The summed E-state index contributed by atoms with van der Waals surface area (Å²) in [7, 11) is 0. The number of nitrogens with zero attached hydrogens (tertiary/aromatic N) is 2. The number of ether oxygens (including phenoxy) is 2. The molecule has 0 saturated heterocycles. The van der Waals surface area contributed by atoms with E-state index in [9.17, 15) is 18.0 Å². The van der Waals surface area contributed by atoms with Gasteiger partial charge in [-0.2, -0.15) is 0 Å². The Morgan fingerprint density at radius 3 is 2.50 bits per heavy atom. The Hall–Kier alpha value is -2.82. The highest BCUT2D eigenvalue weighted by atomic mass is 35.5. The van der Waals surface area contributed by atoms with Crippen LogP contribution >= 0.6 is 22.9 Å². The molecule has 2 aromatic carbocycles. The first-order valence-electron chi connectivity index (χ1n) is 11.4. The Morgan fingerprint density at radius 1 is 1.11 bits per heavy atom. The Kier molecular flexibility index (Phi) is 10.4. The van der Waals surface area contributed by atoms with Gasteiger partial charge in [0.15, 0.2) is 4.80 Å². The number of hydrogen-bond donors (Lipinski definition) is 1. The second-order valence-electron chi connectivity index (χ2n) is 7.73. The number of benzene rings is 2. The van der Waals surface area contributed by atoms with Crippen molar-refractivity contribution >= 4 is 28.9 Å². The van der Waals surface area contributed by atoms with E-state index in [1.54, 1.807) is 19.1 Å². The molecule has 1 N–H and O–H groups in total. The molecule has 0 aliphatic heterocycles. The number of rotatable bonds is 12. The summed E-state index contributed by atoms with van der Waals surface area (Å²) in [6.45, 7) is 4.43. The number of carbonyl (C=O) groups excluding carboxylic acids is 1.